The predicted octanol–water partition coefficient (Wildman–Crippen LogP) is 1.17. The number of carbonyl (C=O) groups is 1. The Labute approximate surface area is 114 Å². The zero-order valence-electron chi connectivity index (χ0n) is 11.5. The lowest BCUT2D eigenvalue weighted by Crippen LogP contribution is -2.61. The average molecular weight is 265 g/mol. The minimum absolute atomic E-state index is 0.138. The Morgan fingerprint density at radius 3 is 2.79 bits per heavy atom. The van der Waals surface area contributed by atoms with E-state index in [1.54, 1.807) is 0 Å². The van der Waals surface area contributed by atoms with Crippen molar-refractivity contribution < 1.29 is 14.6 Å². The molecule has 4 rings (SSSR count). The van der Waals surface area contributed by atoms with Gasteiger partial charge in [0.15, 0.2) is 0 Å². The molecule has 2 aliphatic heterocycles. The molecule has 0 aromatic carbocycles. The van der Waals surface area contributed by atoms with Crippen LogP contribution in [-0.2, 0) is 9.53 Å². The molecular weight excluding hydrogens is 242 g/mol. The highest BCUT2D eigenvalue weighted by atomic mass is 16.6. The van der Waals surface area contributed by atoms with Crippen LogP contribution in [0.1, 0.15) is 39.0 Å². The van der Waals surface area contributed by atoms with Crippen molar-refractivity contribution in [1.29, 1.82) is 0 Å². The number of hydrogen-bond acceptors (Lipinski definition) is 4. The van der Waals surface area contributed by atoms with Gasteiger partial charge in [0, 0.05) is 6.04 Å². The van der Waals surface area contributed by atoms with Crippen molar-refractivity contribution in [3.8, 4) is 0 Å². The third-order valence-corrected chi connectivity index (χ3v) is 6.10. The second-order valence-corrected chi connectivity index (χ2v) is 7.01. The van der Waals surface area contributed by atoms with Crippen LogP contribution in [0.15, 0.2) is 0 Å². The van der Waals surface area contributed by atoms with Crippen LogP contribution >= 0.6 is 0 Å². The van der Waals surface area contributed by atoms with Crippen LogP contribution in [0.4, 0.5) is 0 Å². The summed E-state index contributed by atoms with van der Waals surface area (Å²) in [6.07, 6.45) is 5.12. The number of nitrogens with zero attached hydrogens (tertiary/aromatic N) is 1. The predicted molar refractivity (Wildman–Crippen MR) is 69.4 cm³/mol. The van der Waals surface area contributed by atoms with E-state index in [1.807, 2.05) is 0 Å². The number of esters is 1. The van der Waals surface area contributed by atoms with Gasteiger partial charge in [0.1, 0.15) is 17.6 Å². The van der Waals surface area contributed by atoms with Crippen molar-refractivity contribution >= 4 is 5.97 Å². The summed E-state index contributed by atoms with van der Waals surface area (Å²) in [6.45, 7) is 4.40. The first kappa shape index (κ1) is 12.2. The maximum absolute atomic E-state index is 12.3. The molecular formula is C15H23NO3. The van der Waals surface area contributed by atoms with Gasteiger partial charge >= 0.3 is 5.97 Å². The lowest BCUT2D eigenvalue weighted by Gasteiger charge is -2.48. The highest BCUT2D eigenvalue weighted by Gasteiger charge is 2.69. The third-order valence-electron chi connectivity index (χ3n) is 6.10. The molecule has 6 atom stereocenters. The molecule has 1 unspecified atom stereocenters. The fourth-order valence-corrected chi connectivity index (χ4v) is 5.33. The van der Waals surface area contributed by atoms with E-state index in [0.717, 1.165) is 32.4 Å². The van der Waals surface area contributed by atoms with Gasteiger partial charge < -0.3 is 9.84 Å². The Morgan fingerprint density at radius 1 is 1.32 bits per heavy atom. The Balaban J connectivity index is 1.73. The highest BCUT2D eigenvalue weighted by Crippen LogP contribution is 2.56. The molecule has 0 bridgehead atoms. The van der Waals surface area contributed by atoms with Gasteiger partial charge in [0.25, 0.3) is 0 Å². The van der Waals surface area contributed by atoms with Crippen molar-refractivity contribution in [3.63, 3.8) is 0 Å². The van der Waals surface area contributed by atoms with Crippen LogP contribution in [0, 0.1) is 17.8 Å². The SMILES string of the molecule is C[C@H]1C[C@H]2CC[C@H]3OC(=O)C([C@@H]1N1CCCC1)[C@@]23O. The van der Waals surface area contributed by atoms with Crippen molar-refractivity contribution in [3.05, 3.63) is 0 Å². The van der Waals surface area contributed by atoms with E-state index in [9.17, 15) is 9.90 Å². The maximum atomic E-state index is 12.3. The summed E-state index contributed by atoms with van der Waals surface area (Å²) in [4.78, 5) is 14.7. The van der Waals surface area contributed by atoms with Gasteiger partial charge in [0.05, 0.1) is 0 Å². The summed E-state index contributed by atoms with van der Waals surface area (Å²) in [5.74, 6) is 0.313. The molecule has 0 aromatic heterocycles. The number of hydrogen-bond donors (Lipinski definition) is 1. The molecule has 0 aromatic rings. The van der Waals surface area contributed by atoms with Gasteiger partial charge in [0.2, 0.25) is 0 Å². The number of rotatable bonds is 1. The minimum atomic E-state index is -0.864. The van der Waals surface area contributed by atoms with Gasteiger partial charge in [-0.3, -0.25) is 9.69 Å². The van der Waals surface area contributed by atoms with Crippen LogP contribution in [0.25, 0.3) is 0 Å². The van der Waals surface area contributed by atoms with E-state index in [1.165, 1.54) is 12.8 Å². The molecule has 106 valence electrons. The molecule has 4 fully saturated rings. The standard InChI is InChI=1S/C15H23NO3/c1-9-8-10-4-5-11-15(10,18)12(14(17)19-11)13(9)16-6-2-3-7-16/h9-13,18H,2-8H2,1H3/t9-,10+,11+,12?,13+,15+/m0/s1. The largest absolute Gasteiger partial charge is 0.459 e. The zero-order valence-corrected chi connectivity index (χ0v) is 11.5. The lowest BCUT2D eigenvalue weighted by molar-refractivity contribution is -0.150. The summed E-state index contributed by atoms with van der Waals surface area (Å²) in [5.41, 5.74) is -0.864. The third kappa shape index (κ3) is 1.44. The van der Waals surface area contributed by atoms with Gasteiger partial charge in [-0.15, -0.1) is 0 Å². The molecule has 2 saturated carbocycles. The lowest BCUT2D eigenvalue weighted by atomic mass is 9.64. The zero-order chi connectivity index (χ0) is 13.2. The van der Waals surface area contributed by atoms with Gasteiger partial charge in [-0.1, -0.05) is 6.92 Å². The molecule has 2 aliphatic carbocycles. The van der Waals surface area contributed by atoms with Gasteiger partial charge in [-0.05, 0) is 57.0 Å². The summed E-state index contributed by atoms with van der Waals surface area (Å²) in [6, 6.07) is 0.194. The van der Waals surface area contributed by atoms with E-state index in [0.29, 0.717) is 5.92 Å². The van der Waals surface area contributed by atoms with E-state index in [4.69, 9.17) is 4.74 Å². The summed E-state index contributed by atoms with van der Waals surface area (Å²) in [5, 5.41) is 11.2. The molecule has 0 amide bonds. The highest BCUT2D eigenvalue weighted by molar-refractivity contribution is 5.78. The smallest absolute Gasteiger partial charge is 0.314 e. The first-order chi connectivity index (χ1) is 9.12. The van der Waals surface area contributed by atoms with Crippen LogP contribution in [-0.4, -0.2) is 46.8 Å². The summed E-state index contributed by atoms with van der Waals surface area (Å²) < 4.78 is 5.52. The molecule has 1 N–H and O–H groups in total. The molecule has 4 heteroatoms. The van der Waals surface area contributed by atoms with Crippen LogP contribution in [0.3, 0.4) is 0 Å². The fraction of sp³-hybridized carbons (Fsp3) is 0.933. The molecule has 0 radical (unpaired) electrons. The normalized spacial score (nSPS) is 53.4. The molecule has 0 spiro atoms. The van der Waals surface area contributed by atoms with Crippen molar-refractivity contribution in [2.45, 2.75) is 56.8 Å². The van der Waals surface area contributed by atoms with Crippen molar-refractivity contribution in [1.82, 2.24) is 4.90 Å². The second kappa shape index (κ2) is 3.95. The molecule has 4 nitrogen and oxygen atoms in total. The molecule has 2 saturated heterocycles. The van der Waals surface area contributed by atoms with Crippen LogP contribution in [0.5, 0.6) is 0 Å². The number of likely N-dealkylation sites (tertiary alicyclic amines) is 1. The fourth-order valence-electron chi connectivity index (χ4n) is 5.33. The topological polar surface area (TPSA) is 49.8 Å². The molecule has 4 aliphatic rings. The van der Waals surface area contributed by atoms with Crippen LogP contribution < -0.4 is 0 Å². The molecule has 19 heavy (non-hydrogen) atoms. The first-order valence-corrected chi connectivity index (χ1v) is 7.79. The summed E-state index contributed by atoms with van der Waals surface area (Å²) >= 11 is 0. The van der Waals surface area contributed by atoms with Gasteiger partial charge in [-0.2, -0.15) is 0 Å². The Bertz CT molecular complexity index is 406. The Hall–Kier alpha value is -0.610. The van der Waals surface area contributed by atoms with Gasteiger partial charge in [-0.25, -0.2) is 0 Å². The number of carbonyl (C=O) groups excluding carboxylic acids is 1. The number of aliphatic hydroxyl groups is 1. The van der Waals surface area contributed by atoms with Crippen molar-refractivity contribution in [2.75, 3.05) is 13.1 Å². The van der Waals surface area contributed by atoms with E-state index in [-0.39, 0.29) is 30.0 Å². The summed E-state index contributed by atoms with van der Waals surface area (Å²) in [7, 11) is 0. The Morgan fingerprint density at radius 2 is 2.05 bits per heavy atom. The second-order valence-electron chi connectivity index (χ2n) is 7.01. The Kier molecular flexibility index (Phi) is 2.53. The average Bonchev–Trinajstić information content (AvgIpc) is 3.03. The van der Waals surface area contributed by atoms with E-state index in [2.05, 4.69) is 11.8 Å². The minimum Gasteiger partial charge on any atom is -0.459 e. The monoisotopic (exact) mass is 265 g/mol. The van der Waals surface area contributed by atoms with E-state index < -0.39 is 5.60 Å². The first-order valence-electron chi connectivity index (χ1n) is 7.79. The quantitative estimate of drug-likeness (QED) is 0.723. The number of ether oxygens (including phenoxy) is 1. The van der Waals surface area contributed by atoms with Crippen LogP contribution in [0.2, 0.25) is 0 Å². The maximum Gasteiger partial charge on any atom is 0.314 e. The molecule has 2 heterocycles. The van der Waals surface area contributed by atoms with Crippen molar-refractivity contribution in [2.24, 2.45) is 17.8 Å². The van der Waals surface area contributed by atoms with E-state index >= 15 is 0 Å².